The zero-order chi connectivity index (χ0) is 12.7. The summed E-state index contributed by atoms with van der Waals surface area (Å²) in [5.41, 5.74) is 6.22. The van der Waals surface area contributed by atoms with E-state index < -0.39 is 0 Å². The minimum Gasteiger partial charge on any atom is -0.330 e. The van der Waals surface area contributed by atoms with Crippen LogP contribution in [0.2, 0.25) is 0 Å². The van der Waals surface area contributed by atoms with Crippen LogP contribution < -0.4 is 11.1 Å². The van der Waals surface area contributed by atoms with E-state index in [1.54, 1.807) is 0 Å². The van der Waals surface area contributed by atoms with Crippen LogP contribution in [0.5, 0.6) is 0 Å². The third kappa shape index (κ3) is 8.12. The molecule has 0 aromatic heterocycles. The average Bonchev–Trinajstić information content (AvgIpc) is 2.16. The molecule has 0 bridgehead atoms. The van der Waals surface area contributed by atoms with Gasteiger partial charge in [-0.3, -0.25) is 0 Å². The number of hydrogen-bond acceptors (Lipinski definition) is 2. The zero-order valence-electron chi connectivity index (χ0n) is 12.0. The van der Waals surface area contributed by atoms with E-state index in [9.17, 15) is 0 Å². The topological polar surface area (TPSA) is 38.0 Å². The van der Waals surface area contributed by atoms with Crippen molar-refractivity contribution in [1.29, 1.82) is 0 Å². The van der Waals surface area contributed by atoms with Gasteiger partial charge in [0.05, 0.1) is 0 Å². The smallest absolute Gasteiger partial charge is 0.0130 e. The molecule has 0 saturated heterocycles. The van der Waals surface area contributed by atoms with Gasteiger partial charge in [0.15, 0.2) is 0 Å². The lowest BCUT2D eigenvalue weighted by atomic mass is 9.80. The van der Waals surface area contributed by atoms with Crippen molar-refractivity contribution in [2.24, 2.45) is 11.1 Å². The molecule has 0 radical (unpaired) electrons. The highest BCUT2D eigenvalue weighted by Gasteiger charge is 2.26. The van der Waals surface area contributed by atoms with Gasteiger partial charge in [0.25, 0.3) is 0 Å². The number of rotatable bonds is 9. The summed E-state index contributed by atoms with van der Waals surface area (Å²) in [5, 5.41) is 3.65. The van der Waals surface area contributed by atoms with Crippen molar-refractivity contribution < 1.29 is 0 Å². The first-order valence-corrected chi connectivity index (χ1v) is 6.78. The minimum absolute atomic E-state index is 0.203. The molecule has 0 atom stereocenters. The fourth-order valence-corrected chi connectivity index (χ4v) is 2.31. The summed E-state index contributed by atoms with van der Waals surface area (Å²) in [6.45, 7) is 13.2. The minimum atomic E-state index is 0.203. The molecule has 98 valence electrons. The first-order valence-electron chi connectivity index (χ1n) is 6.78. The van der Waals surface area contributed by atoms with Crippen LogP contribution >= 0.6 is 0 Å². The highest BCUT2D eigenvalue weighted by molar-refractivity contribution is 4.85. The Hall–Kier alpha value is -0.0800. The molecule has 16 heavy (non-hydrogen) atoms. The van der Waals surface area contributed by atoms with Crippen LogP contribution in [-0.2, 0) is 0 Å². The third-order valence-corrected chi connectivity index (χ3v) is 3.11. The van der Waals surface area contributed by atoms with Crippen LogP contribution in [-0.4, -0.2) is 18.6 Å². The molecule has 0 aliphatic heterocycles. The van der Waals surface area contributed by atoms with Gasteiger partial charge in [-0.15, -0.1) is 0 Å². The maximum absolute atomic E-state index is 5.78. The third-order valence-electron chi connectivity index (χ3n) is 3.11. The molecule has 0 amide bonds. The van der Waals surface area contributed by atoms with Crippen LogP contribution in [0.4, 0.5) is 0 Å². The molecule has 0 aliphatic carbocycles. The van der Waals surface area contributed by atoms with Crippen molar-refractivity contribution in [3.63, 3.8) is 0 Å². The van der Waals surface area contributed by atoms with Crippen molar-refractivity contribution in [2.75, 3.05) is 13.1 Å². The maximum Gasteiger partial charge on any atom is 0.0130 e. The molecule has 0 aromatic rings. The van der Waals surface area contributed by atoms with Crippen molar-refractivity contribution in [1.82, 2.24) is 5.32 Å². The Kier molecular flexibility index (Phi) is 7.25. The summed E-state index contributed by atoms with van der Waals surface area (Å²) < 4.78 is 0. The molecular weight excluding hydrogens is 196 g/mol. The van der Waals surface area contributed by atoms with Gasteiger partial charge in [0.1, 0.15) is 0 Å². The SMILES string of the molecule is CCCCCCNC(C)(C)CC(C)(C)CN. The Morgan fingerprint density at radius 3 is 2.12 bits per heavy atom. The molecule has 0 fully saturated rings. The Morgan fingerprint density at radius 1 is 1.00 bits per heavy atom. The van der Waals surface area contributed by atoms with Crippen molar-refractivity contribution in [3.05, 3.63) is 0 Å². The standard InChI is InChI=1S/C14H32N2/c1-6-7-8-9-10-16-14(4,5)11-13(2,3)12-15/h16H,6-12,15H2,1-5H3. The quantitative estimate of drug-likeness (QED) is 0.594. The van der Waals surface area contributed by atoms with Crippen molar-refractivity contribution in [3.8, 4) is 0 Å². The molecule has 0 heterocycles. The Bertz CT molecular complexity index is 174. The van der Waals surface area contributed by atoms with Gasteiger partial charge < -0.3 is 11.1 Å². The molecule has 0 unspecified atom stereocenters. The fourth-order valence-electron chi connectivity index (χ4n) is 2.31. The summed E-state index contributed by atoms with van der Waals surface area (Å²) in [6.07, 6.45) is 6.43. The lowest BCUT2D eigenvalue weighted by molar-refractivity contribution is 0.228. The van der Waals surface area contributed by atoms with Gasteiger partial charge in [-0.2, -0.15) is 0 Å². The Morgan fingerprint density at radius 2 is 1.62 bits per heavy atom. The molecule has 0 saturated carbocycles. The summed E-state index contributed by atoms with van der Waals surface area (Å²) in [6, 6.07) is 0. The van der Waals surface area contributed by atoms with Crippen LogP contribution in [0.15, 0.2) is 0 Å². The predicted molar refractivity (Wildman–Crippen MR) is 73.7 cm³/mol. The largest absolute Gasteiger partial charge is 0.330 e. The van der Waals surface area contributed by atoms with Crippen LogP contribution in [0.25, 0.3) is 0 Å². The molecule has 0 aromatic carbocycles. The highest BCUT2D eigenvalue weighted by atomic mass is 15.0. The summed E-state index contributed by atoms with van der Waals surface area (Å²) in [4.78, 5) is 0. The molecule has 3 N–H and O–H groups in total. The van der Waals surface area contributed by atoms with E-state index in [2.05, 4.69) is 39.9 Å². The van der Waals surface area contributed by atoms with Crippen molar-refractivity contribution in [2.45, 2.75) is 72.3 Å². The fraction of sp³-hybridized carbons (Fsp3) is 1.00. The second kappa shape index (κ2) is 7.29. The van der Waals surface area contributed by atoms with Crippen molar-refractivity contribution >= 4 is 0 Å². The second-order valence-corrected chi connectivity index (χ2v) is 6.42. The lowest BCUT2D eigenvalue weighted by Crippen LogP contribution is -2.45. The number of unbranched alkanes of at least 4 members (excludes halogenated alkanes) is 3. The van der Waals surface area contributed by atoms with Gasteiger partial charge in [0, 0.05) is 5.54 Å². The van der Waals surface area contributed by atoms with E-state index >= 15 is 0 Å². The van der Waals surface area contributed by atoms with E-state index in [-0.39, 0.29) is 11.0 Å². The molecule has 2 nitrogen and oxygen atoms in total. The highest BCUT2D eigenvalue weighted by Crippen LogP contribution is 2.26. The van der Waals surface area contributed by atoms with Crippen LogP contribution in [0.3, 0.4) is 0 Å². The second-order valence-electron chi connectivity index (χ2n) is 6.42. The Balaban J connectivity index is 3.78. The first-order chi connectivity index (χ1) is 7.33. The molecule has 0 rings (SSSR count). The molecular formula is C14H32N2. The first kappa shape index (κ1) is 15.9. The van der Waals surface area contributed by atoms with E-state index in [1.165, 1.54) is 25.7 Å². The van der Waals surface area contributed by atoms with Gasteiger partial charge in [-0.1, -0.05) is 40.0 Å². The van der Waals surface area contributed by atoms with E-state index in [1.807, 2.05) is 0 Å². The normalized spacial score (nSPS) is 13.1. The van der Waals surface area contributed by atoms with E-state index in [0.29, 0.717) is 0 Å². The van der Waals surface area contributed by atoms with E-state index in [4.69, 9.17) is 5.73 Å². The van der Waals surface area contributed by atoms with Gasteiger partial charge in [-0.25, -0.2) is 0 Å². The van der Waals surface area contributed by atoms with Gasteiger partial charge in [0.2, 0.25) is 0 Å². The summed E-state index contributed by atoms with van der Waals surface area (Å²) >= 11 is 0. The number of nitrogens with one attached hydrogen (secondary N) is 1. The summed E-state index contributed by atoms with van der Waals surface area (Å²) in [5.74, 6) is 0. The summed E-state index contributed by atoms with van der Waals surface area (Å²) in [7, 11) is 0. The predicted octanol–water partition coefficient (Wildman–Crippen LogP) is 3.31. The lowest BCUT2D eigenvalue weighted by Gasteiger charge is -2.35. The zero-order valence-corrected chi connectivity index (χ0v) is 12.0. The maximum atomic E-state index is 5.78. The number of nitrogens with two attached hydrogens (primary N) is 1. The Labute approximate surface area is 102 Å². The van der Waals surface area contributed by atoms with Crippen LogP contribution in [0, 0.1) is 5.41 Å². The number of hydrogen-bond donors (Lipinski definition) is 2. The monoisotopic (exact) mass is 228 g/mol. The average molecular weight is 228 g/mol. The van der Waals surface area contributed by atoms with Gasteiger partial charge in [-0.05, 0) is 45.2 Å². The molecule has 0 aliphatic rings. The van der Waals surface area contributed by atoms with Crippen LogP contribution in [0.1, 0.15) is 66.7 Å². The molecule has 0 spiro atoms. The van der Waals surface area contributed by atoms with E-state index in [0.717, 1.165) is 19.5 Å². The van der Waals surface area contributed by atoms with Gasteiger partial charge >= 0.3 is 0 Å². The molecule has 2 heteroatoms.